The lowest BCUT2D eigenvalue weighted by Crippen LogP contribution is -2.52. The topological polar surface area (TPSA) is 101 Å². The number of hydrogen-bond donors (Lipinski definition) is 2. The van der Waals surface area contributed by atoms with Gasteiger partial charge in [-0.05, 0) is 50.3 Å². The molecule has 0 bridgehead atoms. The molecule has 1 saturated carbocycles. The SMILES string of the molecule is Cc1ccc(C(=O)c2nc(-c3ccccc3)cn2CCCc2cccc(C(=O)NC3(C(=O)O)CCCC3)c2)cc1. The van der Waals surface area contributed by atoms with E-state index in [4.69, 9.17) is 4.98 Å². The van der Waals surface area contributed by atoms with Crippen LogP contribution in [0.3, 0.4) is 0 Å². The number of aliphatic carboxylic acids is 1. The van der Waals surface area contributed by atoms with Crippen LogP contribution in [0.2, 0.25) is 0 Å². The Hall–Kier alpha value is -4.52. The Kier molecular flexibility index (Phi) is 7.91. The first-order chi connectivity index (χ1) is 19.3. The molecule has 1 aliphatic rings. The summed E-state index contributed by atoms with van der Waals surface area (Å²) in [6.45, 7) is 2.56. The van der Waals surface area contributed by atoms with Crippen molar-refractivity contribution in [3.63, 3.8) is 0 Å². The van der Waals surface area contributed by atoms with Gasteiger partial charge < -0.3 is 15.0 Å². The zero-order valence-corrected chi connectivity index (χ0v) is 22.6. The molecular weight excluding hydrogens is 502 g/mol. The van der Waals surface area contributed by atoms with Crippen LogP contribution in [0, 0.1) is 6.92 Å². The van der Waals surface area contributed by atoms with Crippen LogP contribution < -0.4 is 5.32 Å². The van der Waals surface area contributed by atoms with E-state index in [1.165, 1.54) is 0 Å². The zero-order chi connectivity index (χ0) is 28.1. The van der Waals surface area contributed by atoms with Crippen LogP contribution in [0.25, 0.3) is 11.3 Å². The van der Waals surface area contributed by atoms with Crippen LogP contribution >= 0.6 is 0 Å². The number of aromatic nitrogens is 2. The highest BCUT2D eigenvalue weighted by Crippen LogP contribution is 2.30. The maximum Gasteiger partial charge on any atom is 0.329 e. The van der Waals surface area contributed by atoms with Crippen molar-refractivity contribution in [1.29, 1.82) is 0 Å². The molecule has 1 heterocycles. The van der Waals surface area contributed by atoms with Crippen LogP contribution in [-0.2, 0) is 17.8 Å². The Morgan fingerprint density at radius 2 is 1.65 bits per heavy atom. The number of aryl methyl sites for hydroxylation is 3. The lowest BCUT2D eigenvalue weighted by molar-refractivity contribution is -0.144. The number of amides is 1. The predicted octanol–water partition coefficient (Wildman–Crippen LogP) is 5.85. The van der Waals surface area contributed by atoms with Gasteiger partial charge in [0.2, 0.25) is 5.78 Å². The molecule has 3 aromatic carbocycles. The summed E-state index contributed by atoms with van der Waals surface area (Å²) in [6.07, 6.45) is 5.82. The van der Waals surface area contributed by atoms with Crippen molar-refractivity contribution < 1.29 is 19.5 Å². The van der Waals surface area contributed by atoms with Crippen molar-refractivity contribution in [3.8, 4) is 11.3 Å². The minimum Gasteiger partial charge on any atom is -0.480 e. The standard InChI is InChI=1S/C33H33N3O4/c1-23-14-16-26(17-15-23)29(37)30-34-28(25-11-3-2-4-12-25)22-36(30)20-8-10-24-9-7-13-27(21-24)31(38)35-33(32(39)40)18-5-6-19-33/h2-4,7,9,11-17,21-22H,5-6,8,10,18-20H2,1H3,(H,35,38)(H,39,40). The monoisotopic (exact) mass is 535 g/mol. The first-order valence-corrected chi connectivity index (χ1v) is 13.7. The van der Waals surface area contributed by atoms with Gasteiger partial charge in [-0.3, -0.25) is 9.59 Å². The van der Waals surface area contributed by atoms with E-state index in [0.717, 1.165) is 41.6 Å². The zero-order valence-electron chi connectivity index (χ0n) is 22.6. The minimum atomic E-state index is -1.18. The lowest BCUT2D eigenvalue weighted by atomic mass is 9.97. The van der Waals surface area contributed by atoms with E-state index >= 15 is 0 Å². The van der Waals surface area contributed by atoms with Crippen LogP contribution in [0.4, 0.5) is 0 Å². The maximum atomic E-state index is 13.4. The largest absolute Gasteiger partial charge is 0.480 e. The Balaban J connectivity index is 1.31. The van der Waals surface area contributed by atoms with Crippen molar-refractivity contribution in [2.45, 2.75) is 57.5 Å². The number of imidazole rings is 1. The van der Waals surface area contributed by atoms with Crippen molar-refractivity contribution in [2.24, 2.45) is 0 Å². The molecule has 0 aliphatic heterocycles. The summed E-state index contributed by atoms with van der Waals surface area (Å²) in [4.78, 5) is 43.0. The van der Waals surface area contributed by atoms with Gasteiger partial charge in [0, 0.05) is 29.4 Å². The van der Waals surface area contributed by atoms with E-state index in [0.29, 0.717) is 42.8 Å². The Bertz CT molecular complexity index is 1520. The molecule has 7 heteroatoms. The molecule has 0 radical (unpaired) electrons. The second-order valence-corrected chi connectivity index (χ2v) is 10.6. The summed E-state index contributed by atoms with van der Waals surface area (Å²) in [5.74, 6) is -1.06. The van der Waals surface area contributed by atoms with Crippen molar-refractivity contribution >= 4 is 17.7 Å². The molecule has 1 amide bonds. The first kappa shape index (κ1) is 27.1. The van der Waals surface area contributed by atoms with Gasteiger partial charge in [0.05, 0.1) is 5.69 Å². The fraction of sp³-hybridized carbons (Fsp3) is 0.273. The number of carbonyl (C=O) groups is 3. The molecule has 1 aromatic heterocycles. The van der Waals surface area contributed by atoms with E-state index in [1.807, 2.05) is 90.5 Å². The van der Waals surface area contributed by atoms with E-state index in [2.05, 4.69) is 5.32 Å². The van der Waals surface area contributed by atoms with Gasteiger partial charge in [-0.2, -0.15) is 0 Å². The van der Waals surface area contributed by atoms with Crippen molar-refractivity contribution in [2.75, 3.05) is 0 Å². The molecule has 2 N–H and O–H groups in total. The molecule has 5 rings (SSSR count). The number of ketones is 1. The molecule has 40 heavy (non-hydrogen) atoms. The molecule has 4 aromatic rings. The fourth-order valence-corrected chi connectivity index (χ4v) is 5.33. The third-order valence-electron chi connectivity index (χ3n) is 7.64. The molecule has 1 fully saturated rings. The summed E-state index contributed by atoms with van der Waals surface area (Å²) in [7, 11) is 0. The quantitative estimate of drug-likeness (QED) is 0.248. The van der Waals surface area contributed by atoms with Gasteiger partial charge in [-0.15, -0.1) is 0 Å². The number of rotatable bonds is 10. The molecular formula is C33H33N3O4. The van der Waals surface area contributed by atoms with Crippen LogP contribution in [-0.4, -0.2) is 37.9 Å². The summed E-state index contributed by atoms with van der Waals surface area (Å²) in [5.41, 5.74) is 3.62. The smallest absolute Gasteiger partial charge is 0.329 e. The van der Waals surface area contributed by atoms with Crippen LogP contribution in [0.1, 0.15) is 69.8 Å². The number of carboxylic acids is 1. The van der Waals surface area contributed by atoms with Gasteiger partial charge in [0.1, 0.15) is 5.54 Å². The molecule has 0 saturated heterocycles. The number of nitrogens with zero attached hydrogens (tertiary/aromatic N) is 2. The predicted molar refractivity (Wildman–Crippen MR) is 153 cm³/mol. The lowest BCUT2D eigenvalue weighted by Gasteiger charge is -2.25. The van der Waals surface area contributed by atoms with E-state index in [9.17, 15) is 19.5 Å². The average Bonchev–Trinajstić information content (AvgIpc) is 3.62. The second kappa shape index (κ2) is 11.7. The van der Waals surface area contributed by atoms with Gasteiger partial charge in [0.25, 0.3) is 5.91 Å². The van der Waals surface area contributed by atoms with Gasteiger partial charge >= 0.3 is 5.97 Å². The molecule has 1 aliphatic carbocycles. The highest BCUT2D eigenvalue weighted by atomic mass is 16.4. The third kappa shape index (κ3) is 5.88. The molecule has 0 unspecified atom stereocenters. The Morgan fingerprint density at radius 3 is 2.35 bits per heavy atom. The van der Waals surface area contributed by atoms with E-state index in [-0.39, 0.29) is 11.7 Å². The highest BCUT2D eigenvalue weighted by molar-refractivity contribution is 6.07. The van der Waals surface area contributed by atoms with Crippen molar-refractivity contribution in [3.05, 3.63) is 113 Å². The summed E-state index contributed by atoms with van der Waals surface area (Å²) < 4.78 is 1.91. The number of carboxylic acid groups (broad SMARTS) is 1. The number of benzene rings is 3. The number of nitrogens with one attached hydrogen (secondary N) is 1. The molecule has 0 atom stereocenters. The normalized spacial score (nSPS) is 14.1. The Labute approximate surface area is 233 Å². The number of carbonyl (C=O) groups excluding carboxylic acids is 2. The molecule has 204 valence electrons. The van der Waals surface area contributed by atoms with Crippen molar-refractivity contribution in [1.82, 2.24) is 14.9 Å². The Morgan fingerprint density at radius 1 is 0.925 bits per heavy atom. The molecule has 7 nitrogen and oxygen atoms in total. The van der Waals surface area contributed by atoms with Gasteiger partial charge in [0.15, 0.2) is 5.82 Å². The van der Waals surface area contributed by atoms with Crippen LogP contribution in [0.5, 0.6) is 0 Å². The maximum absolute atomic E-state index is 13.4. The summed E-state index contributed by atoms with van der Waals surface area (Å²) >= 11 is 0. The van der Waals surface area contributed by atoms with Gasteiger partial charge in [-0.1, -0.05) is 85.1 Å². The second-order valence-electron chi connectivity index (χ2n) is 10.6. The van der Waals surface area contributed by atoms with Gasteiger partial charge in [-0.25, -0.2) is 9.78 Å². The highest BCUT2D eigenvalue weighted by Gasteiger charge is 2.42. The average molecular weight is 536 g/mol. The number of hydrogen-bond acceptors (Lipinski definition) is 4. The summed E-state index contributed by atoms with van der Waals surface area (Å²) in [5, 5.41) is 12.5. The van der Waals surface area contributed by atoms with E-state index in [1.54, 1.807) is 6.07 Å². The third-order valence-corrected chi connectivity index (χ3v) is 7.64. The fourth-order valence-electron chi connectivity index (χ4n) is 5.33. The van der Waals surface area contributed by atoms with E-state index < -0.39 is 11.5 Å². The molecule has 0 spiro atoms. The minimum absolute atomic E-state index is 0.125. The van der Waals surface area contributed by atoms with Crippen LogP contribution in [0.15, 0.2) is 85.1 Å². The first-order valence-electron chi connectivity index (χ1n) is 13.7. The summed E-state index contributed by atoms with van der Waals surface area (Å²) in [6, 6.07) is 24.6.